The molecule has 1 atom stereocenters. The number of ketones is 1. The summed E-state index contributed by atoms with van der Waals surface area (Å²) in [4.78, 5) is 39.4. The molecule has 1 aliphatic heterocycles. The van der Waals surface area contributed by atoms with Gasteiger partial charge in [-0.1, -0.05) is 47.6 Å². The molecule has 2 amide bonds. The van der Waals surface area contributed by atoms with Gasteiger partial charge in [0.05, 0.1) is 5.69 Å². The Labute approximate surface area is 167 Å². The monoisotopic (exact) mass is 389 g/mol. The van der Waals surface area contributed by atoms with Crippen LogP contribution in [0.1, 0.15) is 38.6 Å². The van der Waals surface area contributed by atoms with Crippen LogP contribution in [0, 0.1) is 0 Å². The lowest BCUT2D eigenvalue weighted by Crippen LogP contribution is -2.47. The van der Waals surface area contributed by atoms with Crippen LogP contribution >= 0.6 is 0 Å². The van der Waals surface area contributed by atoms with Gasteiger partial charge < -0.3 is 14.7 Å². The predicted molar refractivity (Wildman–Crippen MR) is 106 cm³/mol. The van der Waals surface area contributed by atoms with E-state index in [1.165, 1.54) is 4.90 Å². The molecule has 0 radical (unpaired) electrons. The van der Waals surface area contributed by atoms with Crippen LogP contribution < -0.4 is 10.2 Å². The van der Waals surface area contributed by atoms with Gasteiger partial charge in [0, 0.05) is 31.5 Å². The SMILES string of the molecule is CN1C(=O)C(NC(=O)c2cc(Cc3ccccc3)on2)CC(=O)c2ccccc21. The molecule has 3 aromatic rings. The minimum absolute atomic E-state index is 0.0700. The largest absolute Gasteiger partial charge is 0.360 e. The standard InChI is InChI=1S/C22H19N3O4/c1-25-19-10-6-5-9-16(19)20(26)13-18(22(25)28)23-21(27)17-12-15(29-24-17)11-14-7-3-2-4-8-14/h2-10,12,18H,11,13H2,1H3,(H,23,27). The molecule has 7 heteroatoms. The van der Waals surface area contributed by atoms with Crippen LogP contribution in [0.25, 0.3) is 0 Å². The molecule has 0 spiro atoms. The van der Waals surface area contributed by atoms with E-state index in [2.05, 4.69) is 10.5 Å². The third-order valence-electron chi connectivity index (χ3n) is 4.90. The number of nitrogens with zero attached hydrogens (tertiary/aromatic N) is 2. The van der Waals surface area contributed by atoms with Crippen LogP contribution in [-0.4, -0.2) is 35.8 Å². The normalized spacial score (nSPS) is 16.3. The van der Waals surface area contributed by atoms with Gasteiger partial charge in [0.15, 0.2) is 11.5 Å². The molecule has 1 unspecified atom stereocenters. The number of amides is 2. The van der Waals surface area contributed by atoms with E-state index < -0.39 is 11.9 Å². The van der Waals surface area contributed by atoms with Crippen molar-refractivity contribution in [3.05, 3.63) is 83.2 Å². The zero-order valence-electron chi connectivity index (χ0n) is 15.8. The second kappa shape index (κ2) is 7.71. The summed E-state index contributed by atoms with van der Waals surface area (Å²) in [7, 11) is 1.59. The van der Waals surface area contributed by atoms with Crippen molar-refractivity contribution in [1.29, 1.82) is 0 Å². The summed E-state index contributed by atoms with van der Waals surface area (Å²) in [5, 5.41) is 6.43. The molecule has 0 saturated carbocycles. The number of likely N-dealkylation sites (N-methyl/N-ethyl adjacent to an activating group) is 1. The van der Waals surface area contributed by atoms with Crippen molar-refractivity contribution in [2.45, 2.75) is 18.9 Å². The fourth-order valence-corrected chi connectivity index (χ4v) is 3.38. The summed E-state index contributed by atoms with van der Waals surface area (Å²) < 4.78 is 5.25. The van der Waals surface area contributed by atoms with E-state index in [-0.39, 0.29) is 23.8 Å². The van der Waals surface area contributed by atoms with E-state index in [1.54, 1.807) is 37.4 Å². The van der Waals surface area contributed by atoms with Gasteiger partial charge in [-0.15, -0.1) is 0 Å². The fraction of sp³-hybridized carbons (Fsp3) is 0.182. The Morgan fingerprint density at radius 1 is 1.14 bits per heavy atom. The smallest absolute Gasteiger partial charge is 0.274 e. The summed E-state index contributed by atoms with van der Waals surface area (Å²) in [6, 6.07) is 17.1. The predicted octanol–water partition coefficient (Wildman–Crippen LogP) is 2.61. The first-order chi connectivity index (χ1) is 14.0. The van der Waals surface area contributed by atoms with E-state index in [4.69, 9.17) is 4.52 Å². The number of hydrogen-bond donors (Lipinski definition) is 1. The van der Waals surface area contributed by atoms with Crippen molar-refractivity contribution in [2.75, 3.05) is 11.9 Å². The highest BCUT2D eigenvalue weighted by Crippen LogP contribution is 2.26. The average Bonchev–Trinajstić information content (AvgIpc) is 3.18. The number of Topliss-reactive ketones (excluding diaryl/α,β-unsaturated/α-hetero) is 1. The van der Waals surface area contributed by atoms with Gasteiger partial charge in [-0.3, -0.25) is 14.4 Å². The lowest BCUT2D eigenvalue weighted by molar-refractivity contribution is -0.120. The van der Waals surface area contributed by atoms with E-state index in [0.29, 0.717) is 23.4 Å². The Kier molecular flexibility index (Phi) is 4.95. The van der Waals surface area contributed by atoms with Crippen LogP contribution in [0.2, 0.25) is 0 Å². The van der Waals surface area contributed by atoms with Gasteiger partial charge in [-0.25, -0.2) is 0 Å². The number of anilines is 1. The molecule has 29 heavy (non-hydrogen) atoms. The van der Waals surface area contributed by atoms with Crippen LogP contribution in [0.5, 0.6) is 0 Å². The van der Waals surface area contributed by atoms with E-state index >= 15 is 0 Å². The molecule has 0 fully saturated rings. The molecular weight excluding hydrogens is 370 g/mol. The highest BCUT2D eigenvalue weighted by Gasteiger charge is 2.33. The quantitative estimate of drug-likeness (QED) is 0.740. The Hall–Kier alpha value is -3.74. The molecule has 1 N–H and O–H groups in total. The fourth-order valence-electron chi connectivity index (χ4n) is 3.38. The van der Waals surface area contributed by atoms with Gasteiger partial charge in [-0.2, -0.15) is 0 Å². The second-order valence-electron chi connectivity index (χ2n) is 6.91. The van der Waals surface area contributed by atoms with Crippen LogP contribution in [0.15, 0.2) is 65.2 Å². The summed E-state index contributed by atoms with van der Waals surface area (Å²) in [5.41, 5.74) is 2.10. The van der Waals surface area contributed by atoms with Gasteiger partial charge in [0.1, 0.15) is 11.8 Å². The maximum Gasteiger partial charge on any atom is 0.274 e. The van der Waals surface area contributed by atoms with E-state index in [9.17, 15) is 14.4 Å². The molecule has 2 aromatic carbocycles. The van der Waals surface area contributed by atoms with Crippen LogP contribution in [0.3, 0.4) is 0 Å². The minimum Gasteiger partial charge on any atom is -0.360 e. The Morgan fingerprint density at radius 2 is 1.86 bits per heavy atom. The lowest BCUT2D eigenvalue weighted by Gasteiger charge is -2.21. The van der Waals surface area contributed by atoms with E-state index in [1.807, 2.05) is 30.3 Å². The van der Waals surface area contributed by atoms with Gasteiger partial charge in [0.25, 0.3) is 5.91 Å². The number of benzene rings is 2. The van der Waals surface area contributed by atoms with Crippen molar-refractivity contribution in [3.63, 3.8) is 0 Å². The topological polar surface area (TPSA) is 92.5 Å². The number of hydrogen-bond acceptors (Lipinski definition) is 5. The molecule has 1 aliphatic rings. The lowest BCUT2D eigenvalue weighted by atomic mass is 10.0. The van der Waals surface area contributed by atoms with Gasteiger partial charge in [-0.05, 0) is 17.7 Å². The minimum atomic E-state index is -0.971. The van der Waals surface area contributed by atoms with Crippen molar-refractivity contribution in [1.82, 2.24) is 10.5 Å². The first-order valence-corrected chi connectivity index (χ1v) is 9.23. The van der Waals surface area contributed by atoms with E-state index in [0.717, 1.165) is 5.56 Å². The molecule has 7 nitrogen and oxygen atoms in total. The molecule has 146 valence electrons. The summed E-state index contributed by atoms with van der Waals surface area (Å²) in [6.45, 7) is 0. The Morgan fingerprint density at radius 3 is 2.66 bits per heavy atom. The number of aromatic nitrogens is 1. The van der Waals surface area contributed by atoms with Crippen molar-refractivity contribution in [3.8, 4) is 0 Å². The zero-order chi connectivity index (χ0) is 20.4. The number of nitrogens with one attached hydrogen (secondary N) is 1. The first kappa shape index (κ1) is 18.6. The second-order valence-corrected chi connectivity index (χ2v) is 6.91. The van der Waals surface area contributed by atoms with Gasteiger partial charge in [0.2, 0.25) is 5.91 Å². The third kappa shape index (κ3) is 3.80. The molecular formula is C22H19N3O4. The maximum atomic E-state index is 12.8. The van der Waals surface area contributed by atoms with Crippen LogP contribution in [-0.2, 0) is 11.2 Å². The van der Waals surface area contributed by atoms with Crippen LogP contribution in [0.4, 0.5) is 5.69 Å². The van der Waals surface area contributed by atoms with Crippen molar-refractivity contribution < 1.29 is 18.9 Å². The number of fused-ring (bicyclic) bond motifs is 1. The van der Waals surface area contributed by atoms with Crippen molar-refractivity contribution in [2.24, 2.45) is 0 Å². The molecule has 1 aromatic heterocycles. The highest BCUT2D eigenvalue weighted by atomic mass is 16.5. The number of rotatable bonds is 4. The molecule has 0 saturated heterocycles. The number of para-hydroxylation sites is 1. The summed E-state index contributed by atoms with van der Waals surface area (Å²) in [5.74, 6) is -0.578. The average molecular weight is 389 g/mol. The Balaban J connectivity index is 1.49. The highest BCUT2D eigenvalue weighted by molar-refractivity contribution is 6.13. The first-order valence-electron chi connectivity index (χ1n) is 9.23. The third-order valence-corrected chi connectivity index (χ3v) is 4.90. The zero-order valence-corrected chi connectivity index (χ0v) is 15.8. The summed E-state index contributed by atoms with van der Waals surface area (Å²) >= 11 is 0. The van der Waals surface area contributed by atoms with Crippen molar-refractivity contribution >= 4 is 23.3 Å². The molecule has 0 bridgehead atoms. The maximum absolute atomic E-state index is 12.8. The molecule has 2 heterocycles. The van der Waals surface area contributed by atoms with Gasteiger partial charge >= 0.3 is 0 Å². The molecule has 4 rings (SSSR count). The molecule has 0 aliphatic carbocycles. The Bertz CT molecular complexity index is 1070. The number of carbonyl (C=O) groups excluding carboxylic acids is 3. The number of carbonyl (C=O) groups is 3. The summed E-state index contributed by atoms with van der Waals surface area (Å²) in [6.07, 6.45) is 0.390.